The van der Waals surface area contributed by atoms with Crippen molar-refractivity contribution in [3.63, 3.8) is 0 Å². The van der Waals surface area contributed by atoms with Gasteiger partial charge in [0.1, 0.15) is 24.6 Å². The number of methoxy groups -OCH3 is 1. The van der Waals surface area contributed by atoms with Crippen molar-refractivity contribution in [1.82, 2.24) is 9.55 Å². The Morgan fingerprint density at radius 3 is 2.70 bits per heavy atom. The summed E-state index contributed by atoms with van der Waals surface area (Å²) in [5.41, 5.74) is -0.816. The summed E-state index contributed by atoms with van der Waals surface area (Å²) < 4.78 is 25.4. The van der Waals surface area contributed by atoms with Crippen molar-refractivity contribution in [1.29, 1.82) is 0 Å². The SMILES string of the molecule is COCO[C@H]1CCC[C@@H](C)C12O[C@@H](n1cc(C)c(=O)[nH]c1=O)[C@H](O)[C@H]2OCc1ccccc1. The Labute approximate surface area is 192 Å². The standard InChI is InChI=1S/C24H32N2O7/c1-15-12-26(23(29)25-21(15)28)22-19(27)20(31-13-17-9-5-4-6-10-17)24(33-22)16(2)8-7-11-18(24)32-14-30-3/h4-6,9-10,12,16,18-20,22,27H,7-8,11,13-14H2,1-3H3,(H,25,28,29)/t16-,18+,19-,20-,22-,24?/m1/s1. The van der Waals surface area contributed by atoms with Crippen molar-refractivity contribution in [2.45, 2.75) is 69.9 Å². The van der Waals surface area contributed by atoms with E-state index >= 15 is 0 Å². The molecule has 2 aliphatic rings. The van der Waals surface area contributed by atoms with Gasteiger partial charge in [-0.15, -0.1) is 0 Å². The molecule has 0 radical (unpaired) electrons. The number of nitrogens with one attached hydrogen (secondary N) is 1. The molecule has 9 heteroatoms. The number of aliphatic hydroxyl groups is 1. The predicted octanol–water partition coefficient (Wildman–Crippen LogP) is 1.87. The molecule has 1 unspecified atom stereocenters. The summed E-state index contributed by atoms with van der Waals surface area (Å²) in [4.78, 5) is 26.8. The van der Waals surface area contributed by atoms with Crippen LogP contribution in [0.1, 0.15) is 43.5 Å². The largest absolute Gasteiger partial charge is 0.386 e. The van der Waals surface area contributed by atoms with Gasteiger partial charge in [-0.1, -0.05) is 43.7 Å². The first kappa shape index (κ1) is 23.8. The van der Waals surface area contributed by atoms with E-state index in [2.05, 4.69) is 11.9 Å². The summed E-state index contributed by atoms with van der Waals surface area (Å²) in [5, 5.41) is 11.5. The van der Waals surface area contributed by atoms with Gasteiger partial charge in [-0.05, 0) is 31.2 Å². The third kappa shape index (κ3) is 4.43. The summed E-state index contributed by atoms with van der Waals surface area (Å²) in [6, 6.07) is 9.68. The van der Waals surface area contributed by atoms with Gasteiger partial charge in [-0.25, -0.2) is 4.79 Å². The summed E-state index contributed by atoms with van der Waals surface area (Å²) in [7, 11) is 1.55. The highest BCUT2D eigenvalue weighted by molar-refractivity contribution is 5.15. The lowest BCUT2D eigenvalue weighted by Crippen LogP contribution is -2.60. The number of aliphatic hydroxyl groups excluding tert-OH is 1. The summed E-state index contributed by atoms with van der Waals surface area (Å²) in [6.07, 6.45) is 0.550. The maximum absolute atomic E-state index is 12.6. The zero-order chi connectivity index (χ0) is 23.6. The van der Waals surface area contributed by atoms with Crippen molar-refractivity contribution < 1.29 is 24.1 Å². The molecule has 2 N–H and O–H groups in total. The zero-order valence-corrected chi connectivity index (χ0v) is 19.2. The number of rotatable bonds is 7. The van der Waals surface area contributed by atoms with Gasteiger partial charge in [0.15, 0.2) is 6.23 Å². The molecule has 33 heavy (non-hydrogen) atoms. The summed E-state index contributed by atoms with van der Waals surface area (Å²) in [5.74, 6) is -0.0203. The van der Waals surface area contributed by atoms with Gasteiger partial charge in [-0.3, -0.25) is 14.3 Å². The van der Waals surface area contributed by atoms with Crippen molar-refractivity contribution in [2.24, 2.45) is 5.92 Å². The number of aryl methyl sites for hydroxylation is 1. The van der Waals surface area contributed by atoms with Gasteiger partial charge < -0.3 is 24.1 Å². The number of ether oxygens (including phenoxy) is 4. The second kappa shape index (κ2) is 9.90. The molecule has 1 aliphatic carbocycles. The van der Waals surface area contributed by atoms with Crippen LogP contribution < -0.4 is 11.2 Å². The fraction of sp³-hybridized carbons (Fsp3) is 0.583. The Morgan fingerprint density at radius 1 is 1.21 bits per heavy atom. The van der Waals surface area contributed by atoms with Crippen LogP contribution in [0.4, 0.5) is 0 Å². The molecule has 1 aliphatic heterocycles. The van der Waals surface area contributed by atoms with Crippen molar-refractivity contribution in [3.05, 3.63) is 68.5 Å². The van der Waals surface area contributed by atoms with Crippen LogP contribution in [0.5, 0.6) is 0 Å². The second-order valence-corrected chi connectivity index (χ2v) is 8.94. The van der Waals surface area contributed by atoms with E-state index in [0.717, 1.165) is 18.4 Å². The quantitative estimate of drug-likeness (QED) is 0.607. The first-order valence-electron chi connectivity index (χ1n) is 11.3. The minimum Gasteiger partial charge on any atom is -0.386 e. The van der Waals surface area contributed by atoms with Crippen LogP contribution in [0.15, 0.2) is 46.1 Å². The van der Waals surface area contributed by atoms with Crippen LogP contribution in [0.25, 0.3) is 0 Å². The van der Waals surface area contributed by atoms with Crippen LogP contribution >= 0.6 is 0 Å². The van der Waals surface area contributed by atoms with Gasteiger partial charge in [0.25, 0.3) is 5.56 Å². The molecule has 180 valence electrons. The number of benzene rings is 1. The van der Waals surface area contributed by atoms with Crippen LogP contribution in [0.2, 0.25) is 0 Å². The molecule has 9 nitrogen and oxygen atoms in total. The normalized spacial score (nSPS) is 31.8. The first-order chi connectivity index (χ1) is 15.9. The monoisotopic (exact) mass is 460 g/mol. The summed E-state index contributed by atoms with van der Waals surface area (Å²) in [6.45, 7) is 4.00. The lowest BCUT2D eigenvalue weighted by atomic mass is 9.70. The number of hydrogen-bond donors (Lipinski definition) is 2. The maximum Gasteiger partial charge on any atom is 0.330 e. The molecular weight excluding hydrogens is 428 g/mol. The molecule has 2 aromatic rings. The lowest BCUT2D eigenvalue weighted by molar-refractivity contribution is -0.243. The molecule has 1 aromatic heterocycles. The number of aromatic nitrogens is 2. The molecule has 1 spiro atoms. The molecule has 0 amide bonds. The molecule has 2 fully saturated rings. The lowest BCUT2D eigenvalue weighted by Gasteiger charge is -2.47. The molecular formula is C24H32N2O7. The van der Waals surface area contributed by atoms with Gasteiger partial charge in [0, 0.05) is 18.9 Å². The van der Waals surface area contributed by atoms with E-state index in [1.54, 1.807) is 14.0 Å². The number of nitrogens with zero attached hydrogens (tertiary/aromatic N) is 1. The highest BCUT2D eigenvalue weighted by Crippen LogP contribution is 2.51. The Kier molecular flexibility index (Phi) is 7.16. The predicted molar refractivity (Wildman–Crippen MR) is 120 cm³/mol. The average molecular weight is 461 g/mol. The third-order valence-electron chi connectivity index (χ3n) is 6.83. The topological polar surface area (TPSA) is 112 Å². The zero-order valence-electron chi connectivity index (χ0n) is 19.2. The maximum atomic E-state index is 12.6. The molecule has 0 bridgehead atoms. The van der Waals surface area contributed by atoms with E-state index in [4.69, 9.17) is 18.9 Å². The second-order valence-electron chi connectivity index (χ2n) is 8.94. The molecule has 6 atom stereocenters. The molecule has 1 aromatic carbocycles. The minimum absolute atomic E-state index is 0.0203. The Morgan fingerprint density at radius 2 is 1.97 bits per heavy atom. The van der Waals surface area contributed by atoms with Crippen LogP contribution in [-0.2, 0) is 25.6 Å². The van der Waals surface area contributed by atoms with E-state index in [0.29, 0.717) is 12.0 Å². The van der Waals surface area contributed by atoms with E-state index < -0.39 is 41.4 Å². The van der Waals surface area contributed by atoms with Crippen molar-refractivity contribution in [2.75, 3.05) is 13.9 Å². The summed E-state index contributed by atoms with van der Waals surface area (Å²) >= 11 is 0. The average Bonchev–Trinajstić information content (AvgIpc) is 3.09. The first-order valence-corrected chi connectivity index (χ1v) is 11.3. The van der Waals surface area contributed by atoms with Gasteiger partial charge in [0.05, 0.1) is 12.7 Å². The number of aromatic amines is 1. The van der Waals surface area contributed by atoms with Gasteiger partial charge in [0.2, 0.25) is 0 Å². The Balaban J connectivity index is 1.75. The number of H-pyrrole nitrogens is 1. The third-order valence-corrected chi connectivity index (χ3v) is 6.83. The highest BCUT2D eigenvalue weighted by atomic mass is 16.7. The van der Waals surface area contributed by atoms with Gasteiger partial charge >= 0.3 is 5.69 Å². The Hall–Kier alpha value is -2.30. The smallest absolute Gasteiger partial charge is 0.330 e. The highest BCUT2D eigenvalue weighted by Gasteiger charge is 2.64. The molecule has 1 saturated carbocycles. The fourth-order valence-corrected chi connectivity index (χ4v) is 5.15. The van der Waals surface area contributed by atoms with E-state index in [9.17, 15) is 14.7 Å². The molecule has 2 heterocycles. The van der Waals surface area contributed by atoms with Crippen molar-refractivity contribution in [3.8, 4) is 0 Å². The fourth-order valence-electron chi connectivity index (χ4n) is 5.15. The van der Waals surface area contributed by atoms with Crippen molar-refractivity contribution >= 4 is 0 Å². The van der Waals surface area contributed by atoms with E-state index in [1.807, 2.05) is 30.3 Å². The minimum atomic E-state index is -1.16. The molecule has 4 rings (SSSR count). The van der Waals surface area contributed by atoms with Crippen LogP contribution in [0, 0.1) is 12.8 Å². The van der Waals surface area contributed by atoms with Crippen LogP contribution in [-0.4, -0.2) is 52.5 Å². The molecule has 1 saturated heterocycles. The van der Waals surface area contributed by atoms with Crippen LogP contribution in [0.3, 0.4) is 0 Å². The van der Waals surface area contributed by atoms with E-state index in [1.165, 1.54) is 10.8 Å². The van der Waals surface area contributed by atoms with Gasteiger partial charge in [-0.2, -0.15) is 0 Å². The Bertz CT molecular complexity index is 1050. The number of hydrogen-bond acceptors (Lipinski definition) is 7. The van der Waals surface area contributed by atoms with E-state index in [-0.39, 0.29) is 19.3 Å².